The molecule has 0 saturated heterocycles. The fraction of sp³-hybridized carbons (Fsp3) is 0.242. The largest absolute Gasteiger partial charge is 0.497 e. The molecule has 0 saturated carbocycles. The van der Waals surface area contributed by atoms with Crippen LogP contribution in [0.3, 0.4) is 0 Å². The van der Waals surface area contributed by atoms with E-state index in [9.17, 15) is 14.0 Å². The van der Waals surface area contributed by atoms with Crippen molar-refractivity contribution >= 4 is 23.4 Å². The van der Waals surface area contributed by atoms with E-state index in [2.05, 4.69) is 4.99 Å². The van der Waals surface area contributed by atoms with Gasteiger partial charge in [-0.2, -0.15) is 0 Å². The van der Waals surface area contributed by atoms with E-state index in [1.165, 1.54) is 22.0 Å². The van der Waals surface area contributed by atoms with Crippen molar-refractivity contribution in [1.29, 1.82) is 0 Å². The second-order valence-electron chi connectivity index (χ2n) is 9.59. The van der Waals surface area contributed by atoms with E-state index in [0.717, 1.165) is 5.56 Å². The Bertz CT molecular complexity index is 1860. The fourth-order valence-electron chi connectivity index (χ4n) is 4.82. The van der Waals surface area contributed by atoms with Gasteiger partial charge in [0.2, 0.25) is 0 Å². The first kappa shape index (κ1) is 29.8. The molecule has 10 heteroatoms. The van der Waals surface area contributed by atoms with Crippen LogP contribution >= 0.6 is 11.3 Å². The Labute approximate surface area is 252 Å². The van der Waals surface area contributed by atoms with Crippen LogP contribution in [0.4, 0.5) is 4.39 Å². The van der Waals surface area contributed by atoms with Gasteiger partial charge in [0.25, 0.3) is 5.56 Å². The van der Waals surface area contributed by atoms with Crippen LogP contribution in [-0.2, 0) is 16.1 Å². The van der Waals surface area contributed by atoms with Crippen LogP contribution < -0.4 is 29.1 Å². The van der Waals surface area contributed by atoms with Gasteiger partial charge in [0.15, 0.2) is 16.3 Å². The quantitative estimate of drug-likeness (QED) is 0.240. The number of hydrogen-bond donors (Lipinski definition) is 0. The van der Waals surface area contributed by atoms with Crippen molar-refractivity contribution in [2.75, 3.05) is 20.3 Å². The number of halogens is 1. The molecule has 0 radical (unpaired) electrons. The number of fused-ring (bicyclic) bond motifs is 1. The normalized spacial score (nSPS) is 14.6. The summed E-state index contributed by atoms with van der Waals surface area (Å²) in [6.07, 6.45) is 1.75. The molecular formula is C33H31FN2O6S. The highest BCUT2D eigenvalue weighted by Crippen LogP contribution is 2.32. The third kappa shape index (κ3) is 6.24. The number of hydrogen-bond acceptors (Lipinski definition) is 8. The van der Waals surface area contributed by atoms with Gasteiger partial charge in [0.1, 0.15) is 18.2 Å². The summed E-state index contributed by atoms with van der Waals surface area (Å²) >= 11 is 1.23. The predicted molar refractivity (Wildman–Crippen MR) is 162 cm³/mol. The Hall–Kier alpha value is -4.70. The number of benzene rings is 3. The van der Waals surface area contributed by atoms with Gasteiger partial charge in [-0.05, 0) is 68.3 Å². The average molecular weight is 603 g/mol. The van der Waals surface area contributed by atoms with Gasteiger partial charge >= 0.3 is 5.97 Å². The Kier molecular flexibility index (Phi) is 9.06. The number of ether oxygens (including phenoxy) is 4. The summed E-state index contributed by atoms with van der Waals surface area (Å²) in [5.41, 5.74) is 2.36. The highest BCUT2D eigenvalue weighted by Gasteiger charge is 2.33. The maximum Gasteiger partial charge on any atom is 0.338 e. The van der Waals surface area contributed by atoms with Crippen molar-refractivity contribution in [2.45, 2.75) is 33.4 Å². The molecule has 1 aromatic heterocycles. The molecule has 0 N–H and O–H groups in total. The first-order valence-electron chi connectivity index (χ1n) is 13.8. The molecule has 0 amide bonds. The molecule has 8 nitrogen and oxygen atoms in total. The standard InChI is InChI=1S/C33H31FN2O6S/c1-5-40-27-17-21(11-16-26(27)42-19-23-9-7-8-10-25(23)34)18-28-31(37)36-30(22-12-14-24(39-4)15-13-22)29(32(38)41-6-2)20(3)35-33(36)43-28/h7-18,30H,5-6,19H2,1-4H3/t30-/m1/s1. The van der Waals surface area contributed by atoms with Crippen LogP contribution in [0.25, 0.3) is 6.08 Å². The van der Waals surface area contributed by atoms with E-state index in [0.29, 0.717) is 55.6 Å². The van der Waals surface area contributed by atoms with E-state index < -0.39 is 12.0 Å². The van der Waals surface area contributed by atoms with E-state index in [1.807, 2.05) is 19.1 Å². The minimum atomic E-state index is -0.725. The molecule has 43 heavy (non-hydrogen) atoms. The highest BCUT2D eigenvalue weighted by atomic mass is 32.1. The van der Waals surface area contributed by atoms with Crippen molar-refractivity contribution in [2.24, 2.45) is 4.99 Å². The molecule has 1 aliphatic rings. The van der Waals surface area contributed by atoms with Gasteiger partial charge in [-0.25, -0.2) is 14.2 Å². The smallest absolute Gasteiger partial charge is 0.338 e. The third-order valence-electron chi connectivity index (χ3n) is 6.85. The maximum absolute atomic E-state index is 14.1. The highest BCUT2D eigenvalue weighted by molar-refractivity contribution is 7.07. The Morgan fingerprint density at radius 2 is 1.79 bits per heavy atom. The SMILES string of the molecule is CCOC(=O)C1=C(C)N=c2sc(=Cc3ccc(OCc4ccccc4F)c(OCC)c3)c(=O)n2[C@@H]1c1ccc(OC)cc1. The first-order chi connectivity index (χ1) is 20.8. The maximum atomic E-state index is 14.1. The monoisotopic (exact) mass is 602 g/mol. The minimum absolute atomic E-state index is 0.0399. The van der Waals surface area contributed by atoms with E-state index in [4.69, 9.17) is 18.9 Å². The summed E-state index contributed by atoms with van der Waals surface area (Å²) in [5.74, 6) is 0.712. The Morgan fingerprint density at radius 3 is 2.49 bits per heavy atom. The molecular weight excluding hydrogens is 571 g/mol. The lowest BCUT2D eigenvalue weighted by atomic mass is 9.96. The number of allylic oxidation sites excluding steroid dienone is 1. The van der Waals surface area contributed by atoms with Crippen LogP contribution in [0.5, 0.6) is 17.2 Å². The number of methoxy groups -OCH3 is 1. The third-order valence-corrected chi connectivity index (χ3v) is 7.84. The zero-order chi connectivity index (χ0) is 30.5. The summed E-state index contributed by atoms with van der Waals surface area (Å²) in [5, 5.41) is 0. The fourth-order valence-corrected chi connectivity index (χ4v) is 5.86. The van der Waals surface area contributed by atoms with Gasteiger partial charge in [0.05, 0.1) is 42.2 Å². The van der Waals surface area contributed by atoms with Crippen molar-refractivity contribution in [3.8, 4) is 17.2 Å². The number of nitrogens with zero attached hydrogens (tertiary/aromatic N) is 2. The summed E-state index contributed by atoms with van der Waals surface area (Å²) in [4.78, 5) is 32.1. The number of rotatable bonds is 10. The molecule has 1 aliphatic heterocycles. The minimum Gasteiger partial charge on any atom is -0.497 e. The van der Waals surface area contributed by atoms with Crippen LogP contribution in [0, 0.1) is 5.82 Å². The van der Waals surface area contributed by atoms with Gasteiger partial charge in [-0.3, -0.25) is 9.36 Å². The summed E-state index contributed by atoms with van der Waals surface area (Å²) in [7, 11) is 1.57. The first-order valence-corrected chi connectivity index (χ1v) is 14.6. The van der Waals surface area contributed by atoms with Gasteiger partial charge < -0.3 is 18.9 Å². The van der Waals surface area contributed by atoms with Crippen molar-refractivity contribution in [3.63, 3.8) is 0 Å². The van der Waals surface area contributed by atoms with E-state index >= 15 is 0 Å². The van der Waals surface area contributed by atoms with Crippen LogP contribution in [0.15, 0.2) is 87.8 Å². The predicted octanol–water partition coefficient (Wildman–Crippen LogP) is 4.92. The number of thiazole rings is 1. The van der Waals surface area contributed by atoms with Crippen LogP contribution in [0.1, 0.15) is 43.5 Å². The van der Waals surface area contributed by atoms with Crippen LogP contribution in [0.2, 0.25) is 0 Å². The Balaban J connectivity index is 1.56. The molecule has 0 spiro atoms. The molecule has 0 bridgehead atoms. The van der Waals surface area contributed by atoms with Crippen molar-refractivity contribution in [3.05, 3.63) is 120 Å². The molecule has 0 fully saturated rings. The summed E-state index contributed by atoms with van der Waals surface area (Å²) < 4.78 is 38.4. The topological polar surface area (TPSA) is 88.4 Å². The second kappa shape index (κ2) is 13.1. The molecule has 1 atom stereocenters. The zero-order valence-corrected chi connectivity index (χ0v) is 25.1. The molecule has 0 aliphatic carbocycles. The molecule has 2 heterocycles. The molecule has 222 valence electrons. The lowest BCUT2D eigenvalue weighted by molar-refractivity contribution is -0.139. The number of carbonyl (C=O) groups excluding carboxylic acids is 1. The van der Waals surface area contributed by atoms with Gasteiger partial charge in [0, 0.05) is 5.56 Å². The lowest BCUT2D eigenvalue weighted by Gasteiger charge is -2.24. The van der Waals surface area contributed by atoms with E-state index in [-0.39, 0.29) is 24.6 Å². The van der Waals surface area contributed by atoms with Crippen molar-refractivity contribution in [1.82, 2.24) is 4.57 Å². The Morgan fingerprint density at radius 1 is 1.02 bits per heavy atom. The molecule has 5 rings (SSSR count). The number of aromatic nitrogens is 1. The number of carbonyl (C=O) groups is 1. The lowest BCUT2D eigenvalue weighted by Crippen LogP contribution is -2.39. The van der Waals surface area contributed by atoms with E-state index in [1.54, 1.807) is 75.6 Å². The molecule has 0 unspecified atom stereocenters. The second-order valence-corrected chi connectivity index (χ2v) is 10.6. The van der Waals surface area contributed by atoms with Gasteiger partial charge in [-0.15, -0.1) is 0 Å². The van der Waals surface area contributed by atoms with Crippen molar-refractivity contribution < 1.29 is 28.1 Å². The summed E-state index contributed by atoms with van der Waals surface area (Å²) in [6.45, 7) is 5.95. The van der Waals surface area contributed by atoms with Gasteiger partial charge in [-0.1, -0.05) is 47.7 Å². The number of esters is 1. The average Bonchev–Trinajstić information content (AvgIpc) is 3.30. The molecule has 4 aromatic rings. The zero-order valence-electron chi connectivity index (χ0n) is 24.3. The molecule has 3 aromatic carbocycles. The summed E-state index contributed by atoms with van der Waals surface area (Å²) in [6, 6.07) is 18.2. The van der Waals surface area contributed by atoms with Crippen LogP contribution in [-0.4, -0.2) is 30.9 Å².